The van der Waals surface area contributed by atoms with E-state index in [1.807, 2.05) is 30.3 Å². The first kappa shape index (κ1) is 17.9. The van der Waals surface area contributed by atoms with E-state index in [1.165, 1.54) is 4.57 Å². The number of rotatable bonds is 3. The van der Waals surface area contributed by atoms with Crippen molar-refractivity contribution in [2.45, 2.75) is 6.92 Å². The molecule has 0 saturated carbocycles. The minimum atomic E-state index is -0.693. The molecule has 0 saturated heterocycles. The maximum Gasteiger partial charge on any atom is 0.346 e. The van der Waals surface area contributed by atoms with Crippen LogP contribution in [0.15, 0.2) is 59.4 Å². The van der Waals surface area contributed by atoms with Gasteiger partial charge in [0.25, 0.3) is 5.56 Å². The van der Waals surface area contributed by atoms with Crippen LogP contribution in [0.5, 0.6) is 5.75 Å². The molecule has 0 radical (unpaired) electrons. The number of ether oxygens (including phenoxy) is 2. The average molecular weight is 392 g/mol. The number of fused-ring (bicyclic) bond motifs is 3. The minimum absolute atomic E-state index is 0.0622. The van der Waals surface area contributed by atoms with Crippen LogP contribution >= 0.6 is 11.3 Å². The van der Waals surface area contributed by atoms with Crippen molar-refractivity contribution in [3.05, 3.63) is 79.7 Å². The molecule has 1 aliphatic rings. The Morgan fingerprint density at radius 3 is 2.64 bits per heavy atom. The van der Waals surface area contributed by atoms with E-state index in [2.05, 4.69) is 0 Å². The molecule has 0 atom stereocenters. The van der Waals surface area contributed by atoms with Crippen LogP contribution in [0.3, 0.4) is 0 Å². The Balaban J connectivity index is 2.10. The number of carbonyl (C=O) groups is 1. The summed E-state index contributed by atoms with van der Waals surface area (Å²) in [6.07, 6.45) is 1.77. The number of nitrogens with zero attached hydrogens (tertiary/aromatic N) is 1. The molecular weight excluding hydrogens is 376 g/mol. The van der Waals surface area contributed by atoms with Crippen LogP contribution in [0, 0.1) is 5.41 Å². The summed E-state index contributed by atoms with van der Waals surface area (Å²) in [5, 5.41) is 8.28. The van der Waals surface area contributed by atoms with E-state index in [1.54, 1.807) is 37.3 Å². The zero-order valence-electron chi connectivity index (χ0n) is 15.0. The number of nitrogens with one attached hydrogen (secondary N) is 1. The molecule has 0 spiro atoms. The monoisotopic (exact) mass is 392 g/mol. The van der Waals surface area contributed by atoms with Gasteiger partial charge in [-0.05, 0) is 30.7 Å². The van der Waals surface area contributed by atoms with Crippen molar-refractivity contribution in [3.63, 3.8) is 0 Å². The molecule has 0 unspecified atom stereocenters. The quantitative estimate of drug-likeness (QED) is 0.690. The van der Waals surface area contributed by atoms with Crippen LogP contribution in [0.1, 0.15) is 12.5 Å². The van der Waals surface area contributed by atoms with Gasteiger partial charge in [0, 0.05) is 0 Å². The fraction of sp³-hybridized carbons (Fsp3) is 0.0952. The number of esters is 1. The Morgan fingerprint density at radius 2 is 1.89 bits per heavy atom. The van der Waals surface area contributed by atoms with Gasteiger partial charge in [-0.1, -0.05) is 42.5 Å². The highest BCUT2D eigenvalue weighted by atomic mass is 32.1. The van der Waals surface area contributed by atoms with E-state index in [0.717, 1.165) is 16.9 Å². The summed E-state index contributed by atoms with van der Waals surface area (Å²) in [5.41, 5.74) is 1.01. The van der Waals surface area contributed by atoms with E-state index in [0.29, 0.717) is 20.6 Å². The first-order valence-electron chi connectivity index (χ1n) is 8.66. The molecule has 6 nitrogen and oxygen atoms in total. The Hall–Kier alpha value is -3.45. The Bertz CT molecular complexity index is 1260. The van der Waals surface area contributed by atoms with Crippen LogP contribution in [0.2, 0.25) is 0 Å². The van der Waals surface area contributed by atoms with E-state index < -0.39 is 5.97 Å². The van der Waals surface area contributed by atoms with E-state index >= 15 is 0 Å². The first-order chi connectivity index (χ1) is 13.6. The molecule has 2 heterocycles. The van der Waals surface area contributed by atoms with Gasteiger partial charge < -0.3 is 9.47 Å². The fourth-order valence-electron chi connectivity index (χ4n) is 2.94. The SMILES string of the molecule is CCOC(=O)C1=c2s/c(=C\c3ccccc3)c(=O)n2-c2ccccc2OC1=N. The topological polar surface area (TPSA) is 81.4 Å². The van der Waals surface area contributed by atoms with E-state index in [4.69, 9.17) is 14.9 Å². The van der Waals surface area contributed by atoms with Gasteiger partial charge in [-0.15, -0.1) is 11.3 Å². The maximum absolute atomic E-state index is 13.2. The van der Waals surface area contributed by atoms with Gasteiger partial charge in [-0.2, -0.15) is 0 Å². The van der Waals surface area contributed by atoms with Crippen LogP contribution in [-0.4, -0.2) is 23.0 Å². The van der Waals surface area contributed by atoms with Crippen molar-refractivity contribution in [1.29, 1.82) is 5.41 Å². The van der Waals surface area contributed by atoms with Crippen molar-refractivity contribution in [1.82, 2.24) is 4.57 Å². The molecule has 3 aromatic rings. The number of hydrogen-bond acceptors (Lipinski definition) is 6. The number of carbonyl (C=O) groups excluding carboxylic acids is 1. The third-order valence-electron chi connectivity index (χ3n) is 4.16. The zero-order valence-corrected chi connectivity index (χ0v) is 15.8. The lowest BCUT2D eigenvalue weighted by atomic mass is 10.2. The van der Waals surface area contributed by atoms with Crippen LogP contribution in [-0.2, 0) is 9.53 Å². The van der Waals surface area contributed by atoms with Crippen molar-refractivity contribution < 1.29 is 14.3 Å². The van der Waals surface area contributed by atoms with Gasteiger partial charge in [0.05, 0.1) is 16.8 Å². The summed E-state index contributed by atoms with van der Waals surface area (Å²) in [6, 6.07) is 16.4. The third kappa shape index (κ3) is 3.05. The number of para-hydroxylation sites is 2. The second-order valence-corrected chi connectivity index (χ2v) is 6.99. The van der Waals surface area contributed by atoms with Gasteiger partial charge in [-0.25, -0.2) is 4.79 Å². The number of aromatic nitrogens is 1. The summed E-state index contributed by atoms with van der Waals surface area (Å²) >= 11 is 1.14. The van der Waals surface area contributed by atoms with Crippen molar-refractivity contribution in [3.8, 4) is 11.4 Å². The van der Waals surface area contributed by atoms with Crippen molar-refractivity contribution in [2.75, 3.05) is 6.61 Å². The number of hydrogen-bond donors (Lipinski definition) is 1. The van der Waals surface area contributed by atoms with Gasteiger partial charge in [-0.3, -0.25) is 14.8 Å². The van der Waals surface area contributed by atoms with Crippen molar-refractivity contribution >= 4 is 34.9 Å². The molecule has 1 N–H and O–H groups in total. The summed E-state index contributed by atoms with van der Waals surface area (Å²) in [6.45, 7) is 1.84. The fourth-order valence-corrected chi connectivity index (χ4v) is 4.07. The summed E-state index contributed by atoms with van der Waals surface area (Å²) in [4.78, 5) is 25.8. The molecule has 2 aromatic carbocycles. The Kier molecular flexibility index (Phi) is 4.67. The van der Waals surface area contributed by atoms with Gasteiger partial charge in [0.1, 0.15) is 4.66 Å². The van der Waals surface area contributed by atoms with Crippen LogP contribution in [0.4, 0.5) is 0 Å². The molecule has 28 heavy (non-hydrogen) atoms. The second-order valence-electron chi connectivity index (χ2n) is 5.96. The molecule has 1 aliphatic heterocycles. The number of benzene rings is 2. The smallest absolute Gasteiger partial charge is 0.346 e. The Morgan fingerprint density at radius 1 is 1.18 bits per heavy atom. The predicted octanol–water partition coefficient (Wildman–Crippen LogP) is 1.81. The minimum Gasteiger partial charge on any atom is -0.462 e. The summed E-state index contributed by atoms with van der Waals surface area (Å²) in [5.74, 6) is -0.703. The van der Waals surface area contributed by atoms with Crippen molar-refractivity contribution in [2.24, 2.45) is 0 Å². The van der Waals surface area contributed by atoms with Gasteiger partial charge >= 0.3 is 5.97 Å². The lowest BCUT2D eigenvalue weighted by Crippen LogP contribution is -2.32. The lowest BCUT2D eigenvalue weighted by Gasteiger charge is -2.08. The largest absolute Gasteiger partial charge is 0.462 e. The van der Waals surface area contributed by atoms with E-state index in [9.17, 15) is 9.59 Å². The third-order valence-corrected chi connectivity index (χ3v) is 5.25. The second kappa shape index (κ2) is 7.28. The van der Waals surface area contributed by atoms with Crippen LogP contribution in [0.25, 0.3) is 17.3 Å². The lowest BCUT2D eigenvalue weighted by molar-refractivity contribution is -0.136. The molecule has 1 aromatic heterocycles. The van der Waals surface area contributed by atoms with Gasteiger partial charge in [0.15, 0.2) is 11.3 Å². The number of thiazole rings is 1. The molecule has 7 heteroatoms. The molecule has 0 fully saturated rings. The highest BCUT2D eigenvalue weighted by molar-refractivity contribution is 7.08. The Labute approximate surface area is 164 Å². The highest BCUT2D eigenvalue weighted by Crippen LogP contribution is 2.24. The highest BCUT2D eigenvalue weighted by Gasteiger charge is 2.28. The molecule has 4 rings (SSSR count). The molecule has 0 aliphatic carbocycles. The predicted molar refractivity (Wildman–Crippen MR) is 108 cm³/mol. The maximum atomic E-state index is 13.2. The first-order valence-corrected chi connectivity index (χ1v) is 9.48. The standard InChI is InChI=1S/C21H16N2O4S/c1-2-26-21(25)17-18(22)27-15-11-7-6-10-14(15)23-19(24)16(28-20(17)23)12-13-8-4-3-5-9-13/h3-12,22H,2H2,1H3/b16-12-,22-18?. The average Bonchev–Trinajstić information content (AvgIpc) is 2.92. The normalized spacial score (nSPS) is 13.4. The summed E-state index contributed by atoms with van der Waals surface area (Å²) < 4.78 is 12.9. The van der Waals surface area contributed by atoms with Crippen LogP contribution < -0.4 is 19.5 Å². The van der Waals surface area contributed by atoms with Gasteiger partial charge in [0.2, 0.25) is 5.90 Å². The molecule has 140 valence electrons. The zero-order chi connectivity index (χ0) is 19.7. The van der Waals surface area contributed by atoms with E-state index in [-0.39, 0.29) is 23.6 Å². The molecule has 0 amide bonds. The molecule has 0 bridgehead atoms. The summed E-state index contributed by atoms with van der Waals surface area (Å²) in [7, 11) is 0. The molecular formula is C21H16N2O4S.